The monoisotopic (exact) mass is 457 g/mol. The number of carbonyl (C=O) groups excluding carboxylic acids is 2. The van der Waals surface area contributed by atoms with Gasteiger partial charge in [-0.15, -0.1) is 0 Å². The number of carbonyl (C=O) groups is 2. The van der Waals surface area contributed by atoms with Crippen molar-refractivity contribution in [3.8, 4) is 0 Å². The summed E-state index contributed by atoms with van der Waals surface area (Å²) in [6.45, 7) is 3.25. The zero-order chi connectivity index (χ0) is 22.9. The molecule has 3 aromatic rings. The van der Waals surface area contributed by atoms with Gasteiger partial charge >= 0.3 is 0 Å². The van der Waals surface area contributed by atoms with Crippen molar-refractivity contribution >= 4 is 29.2 Å². The molecule has 0 fully saturated rings. The topological polar surface area (TPSA) is 79.3 Å². The number of nitrogens with one attached hydrogen (secondary N) is 2. The second-order valence-electron chi connectivity index (χ2n) is 7.22. The molecular weight excluding hydrogens is 433 g/mol. The van der Waals surface area contributed by atoms with Crippen LogP contribution in [0.2, 0.25) is 5.02 Å². The van der Waals surface area contributed by atoms with Gasteiger partial charge < -0.3 is 10.6 Å². The zero-order valence-electron chi connectivity index (χ0n) is 17.7. The molecule has 0 radical (unpaired) electrons. The van der Waals surface area contributed by atoms with Crippen molar-refractivity contribution in [1.29, 1.82) is 0 Å². The van der Waals surface area contributed by atoms with E-state index in [0.29, 0.717) is 30.5 Å². The van der Waals surface area contributed by atoms with Crippen molar-refractivity contribution in [1.82, 2.24) is 20.0 Å². The smallest absolute Gasteiger partial charge is 0.239 e. The first-order valence-corrected chi connectivity index (χ1v) is 10.6. The SMILES string of the molecule is CCN(CC(=O)NCc1ccc(F)cc1)CC(=O)Nc1ccnn1Cc1ccccc1Cl. The Bertz CT molecular complexity index is 1050. The molecule has 2 amide bonds. The van der Waals surface area contributed by atoms with Crippen LogP contribution in [0.15, 0.2) is 60.8 Å². The van der Waals surface area contributed by atoms with Gasteiger partial charge in [0.15, 0.2) is 0 Å². The summed E-state index contributed by atoms with van der Waals surface area (Å²) in [5, 5.41) is 10.5. The fourth-order valence-electron chi connectivity index (χ4n) is 3.08. The molecule has 168 valence electrons. The molecule has 0 aliphatic carbocycles. The minimum Gasteiger partial charge on any atom is -0.351 e. The number of likely N-dealkylation sites (N-methyl/N-ethyl adjacent to an activating group) is 1. The van der Waals surface area contributed by atoms with Crippen LogP contribution < -0.4 is 10.6 Å². The zero-order valence-corrected chi connectivity index (χ0v) is 18.5. The van der Waals surface area contributed by atoms with E-state index in [9.17, 15) is 14.0 Å². The van der Waals surface area contributed by atoms with E-state index in [-0.39, 0.29) is 30.7 Å². The highest BCUT2D eigenvalue weighted by molar-refractivity contribution is 6.31. The van der Waals surface area contributed by atoms with Gasteiger partial charge in [-0.3, -0.25) is 14.5 Å². The quantitative estimate of drug-likeness (QED) is 0.489. The maximum Gasteiger partial charge on any atom is 0.239 e. The molecule has 2 aromatic carbocycles. The van der Waals surface area contributed by atoms with Gasteiger partial charge in [-0.25, -0.2) is 9.07 Å². The Hall–Kier alpha value is -3.23. The molecular formula is C23H25ClFN5O2. The van der Waals surface area contributed by atoms with Gasteiger partial charge in [-0.1, -0.05) is 48.9 Å². The Balaban J connectivity index is 1.50. The predicted molar refractivity (Wildman–Crippen MR) is 122 cm³/mol. The molecule has 1 aromatic heterocycles. The maximum atomic E-state index is 13.0. The van der Waals surface area contributed by atoms with Gasteiger partial charge in [0.05, 0.1) is 25.8 Å². The minimum absolute atomic E-state index is 0.0533. The largest absolute Gasteiger partial charge is 0.351 e. The fourth-order valence-corrected chi connectivity index (χ4v) is 3.28. The Labute approximate surface area is 191 Å². The predicted octanol–water partition coefficient (Wildman–Crippen LogP) is 3.30. The fraction of sp³-hybridized carbons (Fsp3) is 0.261. The Morgan fingerprint density at radius 3 is 2.50 bits per heavy atom. The second kappa shape index (κ2) is 11.4. The lowest BCUT2D eigenvalue weighted by Crippen LogP contribution is -2.41. The van der Waals surface area contributed by atoms with E-state index < -0.39 is 0 Å². The molecule has 0 saturated heterocycles. The first kappa shape index (κ1) is 23.4. The number of anilines is 1. The molecule has 1 heterocycles. The summed E-state index contributed by atoms with van der Waals surface area (Å²) in [6.07, 6.45) is 1.60. The number of benzene rings is 2. The van der Waals surface area contributed by atoms with E-state index in [1.54, 1.807) is 40.0 Å². The molecule has 7 nitrogen and oxygen atoms in total. The average Bonchev–Trinajstić information content (AvgIpc) is 3.20. The lowest BCUT2D eigenvalue weighted by Gasteiger charge is -2.19. The van der Waals surface area contributed by atoms with Crippen molar-refractivity contribution in [3.05, 3.63) is 82.8 Å². The summed E-state index contributed by atoms with van der Waals surface area (Å²) < 4.78 is 14.6. The van der Waals surface area contributed by atoms with Crippen LogP contribution in [0.5, 0.6) is 0 Å². The normalized spacial score (nSPS) is 10.9. The molecule has 9 heteroatoms. The Morgan fingerprint density at radius 1 is 1.06 bits per heavy atom. The van der Waals surface area contributed by atoms with Gasteiger partial charge in [0.2, 0.25) is 11.8 Å². The average molecular weight is 458 g/mol. The highest BCUT2D eigenvalue weighted by Gasteiger charge is 2.15. The lowest BCUT2D eigenvalue weighted by atomic mass is 10.2. The van der Waals surface area contributed by atoms with Crippen molar-refractivity contribution in [2.24, 2.45) is 0 Å². The van der Waals surface area contributed by atoms with Crippen molar-refractivity contribution in [2.75, 3.05) is 25.0 Å². The van der Waals surface area contributed by atoms with Crippen LogP contribution in [0.1, 0.15) is 18.1 Å². The number of hydrogen-bond donors (Lipinski definition) is 2. The molecule has 3 rings (SSSR count). The molecule has 0 saturated carbocycles. The molecule has 32 heavy (non-hydrogen) atoms. The minimum atomic E-state index is -0.323. The van der Waals surface area contributed by atoms with E-state index in [1.807, 2.05) is 25.1 Å². The van der Waals surface area contributed by atoms with Crippen LogP contribution in [0.4, 0.5) is 10.2 Å². The van der Waals surface area contributed by atoms with Crippen molar-refractivity contribution in [2.45, 2.75) is 20.0 Å². The van der Waals surface area contributed by atoms with Gasteiger partial charge in [-0.2, -0.15) is 5.10 Å². The summed E-state index contributed by atoms with van der Waals surface area (Å²) in [5.41, 5.74) is 1.69. The summed E-state index contributed by atoms with van der Waals surface area (Å²) >= 11 is 6.22. The van der Waals surface area contributed by atoms with E-state index in [4.69, 9.17) is 11.6 Å². The molecule has 0 spiro atoms. The molecule has 0 unspecified atom stereocenters. The number of aromatic nitrogens is 2. The second-order valence-corrected chi connectivity index (χ2v) is 7.63. The third kappa shape index (κ3) is 6.90. The van der Waals surface area contributed by atoms with Crippen LogP contribution >= 0.6 is 11.6 Å². The number of rotatable bonds is 10. The van der Waals surface area contributed by atoms with Gasteiger partial charge in [0.1, 0.15) is 11.6 Å². The van der Waals surface area contributed by atoms with Gasteiger partial charge in [0.25, 0.3) is 0 Å². The van der Waals surface area contributed by atoms with Crippen LogP contribution in [0.25, 0.3) is 0 Å². The molecule has 2 N–H and O–H groups in total. The van der Waals surface area contributed by atoms with Crippen LogP contribution in [-0.2, 0) is 22.7 Å². The molecule has 0 aliphatic heterocycles. The molecule has 0 aliphatic rings. The first-order valence-electron chi connectivity index (χ1n) is 10.2. The Morgan fingerprint density at radius 2 is 1.78 bits per heavy atom. The van der Waals surface area contributed by atoms with E-state index in [2.05, 4.69) is 15.7 Å². The summed E-state index contributed by atoms with van der Waals surface area (Å²) in [6, 6.07) is 15.1. The third-order valence-corrected chi connectivity index (χ3v) is 5.22. The van der Waals surface area contributed by atoms with E-state index in [1.165, 1.54) is 12.1 Å². The highest BCUT2D eigenvalue weighted by Crippen LogP contribution is 2.18. The number of nitrogens with zero attached hydrogens (tertiary/aromatic N) is 3. The first-order chi connectivity index (χ1) is 15.4. The summed E-state index contributed by atoms with van der Waals surface area (Å²) in [5.74, 6) is -0.241. The standard InChI is InChI=1S/C23H25ClFN5O2/c1-2-29(15-22(31)26-13-17-7-9-19(25)10-8-17)16-23(32)28-21-11-12-27-30(21)14-18-5-3-4-6-20(18)24/h3-12H,2,13-16H2,1H3,(H,26,31)(H,28,32). The lowest BCUT2D eigenvalue weighted by molar-refractivity contribution is -0.123. The van der Waals surface area contributed by atoms with Crippen molar-refractivity contribution < 1.29 is 14.0 Å². The number of amides is 2. The van der Waals surface area contributed by atoms with E-state index in [0.717, 1.165) is 11.1 Å². The highest BCUT2D eigenvalue weighted by atomic mass is 35.5. The van der Waals surface area contributed by atoms with Crippen LogP contribution in [-0.4, -0.2) is 46.1 Å². The molecule has 0 bridgehead atoms. The van der Waals surface area contributed by atoms with E-state index >= 15 is 0 Å². The third-order valence-electron chi connectivity index (χ3n) is 4.85. The van der Waals surface area contributed by atoms with Gasteiger partial charge in [-0.05, 0) is 35.9 Å². The Kier molecular flexibility index (Phi) is 8.35. The summed E-state index contributed by atoms with van der Waals surface area (Å²) in [7, 11) is 0. The number of hydrogen-bond acceptors (Lipinski definition) is 4. The van der Waals surface area contributed by atoms with Gasteiger partial charge in [0, 0.05) is 17.6 Å². The number of halogens is 2. The maximum absolute atomic E-state index is 13.0. The summed E-state index contributed by atoms with van der Waals surface area (Å²) in [4.78, 5) is 26.5. The van der Waals surface area contributed by atoms with Crippen LogP contribution in [0.3, 0.4) is 0 Å². The van der Waals surface area contributed by atoms with Crippen molar-refractivity contribution in [3.63, 3.8) is 0 Å². The van der Waals surface area contributed by atoms with Crippen LogP contribution in [0, 0.1) is 5.82 Å². The molecule has 0 atom stereocenters.